The number of rotatable bonds is 10. The average Bonchev–Trinajstić information content (AvgIpc) is 2.39. The largest absolute Gasteiger partial charge is 0.396 e. The Morgan fingerprint density at radius 1 is 1.38 bits per heavy atom. The van der Waals surface area contributed by atoms with Gasteiger partial charge in [0.2, 0.25) is 0 Å². The maximum Gasteiger partial charge on any atom is 0.0434 e. The van der Waals surface area contributed by atoms with Gasteiger partial charge in [0.15, 0.2) is 0 Å². The number of aliphatic hydroxyl groups is 1. The van der Waals surface area contributed by atoms with Crippen LogP contribution in [0.4, 0.5) is 0 Å². The minimum absolute atomic E-state index is 0.348. The molecule has 21 heavy (non-hydrogen) atoms. The fourth-order valence-corrected chi connectivity index (χ4v) is 3.74. The molecular weight excluding hydrogens is 260 g/mol. The third kappa shape index (κ3) is 7.62. The second-order valence-electron chi connectivity index (χ2n) is 7.84. The van der Waals surface area contributed by atoms with Crippen molar-refractivity contribution in [2.24, 2.45) is 17.3 Å². The number of piperidine rings is 1. The van der Waals surface area contributed by atoms with Crippen LogP contribution in [0.3, 0.4) is 0 Å². The van der Waals surface area contributed by atoms with E-state index in [-0.39, 0.29) is 0 Å². The van der Waals surface area contributed by atoms with Crippen LogP contribution in [-0.2, 0) is 0 Å². The fourth-order valence-electron chi connectivity index (χ4n) is 3.74. The topological polar surface area (TPSA) is 35.5 Å². The van der Waals surface area contributed by atoms with Crippen LogP contribution in [0.5, 0.6) is 0 Å². The Morgan fingerprint density at radius 3 is 2.76 bits per heavy atom. The van der Waals surface area contributed by atoms with E-state index in [1.54, 1.807) is 0 Å². The Hall–Kier alpha value is -0.120. The summed E-state index contributed by atoms with van der Waals surface area (Å²) >= 11 is 0. The Balaban J connectivity index is 2.47. The average molecular weight is 299 g/mol. The second kappa shape index (κ2) is 9.81. The molecule has 2 N–H and O–H groups in total. The molecule has 1 rings (SSSR count). The molecule has 2 unspecified atom stereocenters. The van der Waals surface area contributed by atoms with Crippen LogP contribution in [0.25, 0.3) is 0 Å². The quantitative estimate of drug-likeness (QED) is 0.650. The Morgan fingerprint density at radius 2 is 2.14 bits per heavy atom. The summed E-state index contributed by atoms with van der Waals surface area (Å²) in [6.45, 7) is 15.5. The highest BCUT2D eigenvalue weighted by atomic mass is 16.3. The highest BCUT2D eigenvalue weighted by molar-refractivity contribution is 4.83. The third-order valence-electron chi connectivity index (χ3n) is 4.70. The first-order valence-electron chi connectivity index (χ1n) is 9.03. The van der Waals surface area contributed by atoms with Crippen LogP contribution in [0.15, 0.2) is 0 Å². The van der Waals surface area contributed by atoms with Crippen molar-refractivity contribution in [3.8, 4) is 0 Å². The van der Waals surface area contributed by atoms with Gasteiger partial charge < -0.3 is 15.3 Å². The number of nitrogens with zero attached hydrogens (tertiary/aromatic N) is 1. The SMILES string of the molecule is CCCC(C)(CNCC(C)C)CN1CCCC(CCO)C1. The van der Waals surface area contributed by atoms with Crippen molar-refractivity contribution in [2.75, 3.05) is 39.3 Å². The number of likely N-dealkylation sites (tertiary alicyclic amines) is 1. The molecule has 1 fully saturated rings. The van der Waals surface area contributed by atoms with Gasteiger partial charge in [-0.3, -0.25) is 0 Å². The van der Waals surface area contributed by atoms with E-state index in [2.05, 4.69) is 37.9 Å². The molecule has 1 aliphatic heterocycles. The van der Waals surface area contributed by atoms with Crippen LogP contribution < -0.4 is 5.32 Å². The standard InChI is InChI=1S/C18H38N2O/c1-5-9-18(4,14-19-12-16(2)3)15-20-10-6-7-17(13-20)8-11-21/h16-17,19,21H,5-15H2,1-4H3. The first-order chi connectivity index (χ1) is 9.99. The number of hydrogen-bond donors (Lipinski definition) is 2. The molecule has 126 valence electrons. The molecule has 0 spiro atoms. The molecule has 0 amide bonds. The maximum absolute atomic E-state index is 9.16. The zero-order chi connectivity index (χ0) is 15.7. The summed E-state index contributed by atoms with van der Waals surface area (Å²) in [5.41, 5.74) is 0.380. The fraction of sp³-hybridized carbons (Fsp3) is 1.00. The highest BCUT2D eigenvalue weighted by Crippen LogP contribution is 2.27. The summed E-state index contributed by atoms with van der Waals surface area (Å²) in [5.74, 6) is 1.43. The number of aliphatic hydroxyl groups excluding tert-OH is 1. The first-order valence-corrected chi connectivity index (χ1v) is 9.03. The lowest BCUT2D eigenvalue weighted by atomic mass is 9.83. The summed E-state index contributed by atoms with van der Waals surface area (Å²) < 4.78 is 0. The number of hydrogen-bond acceptors (Lipinski definition) is 3. The second-order valence-corrected chi connectivity index (χ2v) is 7.84. The Labute approximate surface area is 132 Å². The monoisotopic (exact) mass is 298 g/mol. The first kappa shape index (κ1) is 18.9. The lowest BCUT2D eigenvalue weighted by Crippen LogP contribution is -2.46. The van der Waals surface area contributed by atoms with Gasteiger partial charge in [0.25, 0.3) is 0 Å². The predicted octanol–water partition coefficient (Wildman–Crippen LogP) is 3.13. The summed E-state index contributed by atoms with van der Waals surface area (Å²) in [6.07, 6.45) is 6.12. The van der Waals surface area contributed by atoms with Crippen LogP contribution >= 0.6 is 0 Å². The van der Waals surface area contributed by atoms with Crippen LogP contribution in [0.2, 0.25) is 0 Å². The molecule has 0 radical (unpaired) electrons. The van der Waals surface area contributed by atoms with Gasteiger partial charge in [-0.2, -0.15) is 0 Å². The van der Waals surface area contributed by atoms with E-state index in [9.17, 15) is 0 Å². The number of nitrogens with one attached hydrogen (secondary N) is 1. The summed E-state index contributed by atoms with van der Waals surface area (Å²) in [7, 11) is 0. The minimum atomic E-state index is 0.348. The van der Waals surface area contributed by atoms with Crippen molar-refractivity contribution >= 4 is 0 Å². The predicted molar refractivity (Wildman–Crippen MR) is 91.6 cm³/mol. The van der Waals surface area contributed by atoms with Crippen LogP contribution in [0, 0.1) is 17.3 Å². The molecule has 3 heteroatoms. The van der Waals surface area contributed by atoms with E-state index in [0.717, 1.165) is 25.4 Å². The normalized spacial score (nSPS) is 23.4. The van der Waals surface area contributed by atoms with Crippen molar-refractivity contribution in [1.82, 2.24) is 10.2 Å². The van der Waals surface area contributed by atoms with Crippen molar-refractivity contribution in [3.05, 3.63) is 0 Å². The smallest absolute Gasteiger partial charge is 0.0434 e. The van der Waals surface area contributed by atoms with Crippen molar-refractivity contribution in [3.63, 3.8) is 0 Å². The molecule has 0 saturated carbocycles. The molecule has 1 aliphatic rings. The lowest BCUT2D eigenvalue weighted by molar-refractivity contribution is 0.0936. The van der Waals surface area contributed by atoms with Crippen molar-refractivity contribution in [1.29, 1.82) is 0 Å². The van der Waals surface area contributed by atoms with Gasteiger partial charge in [-0.25, -0.2) is 0 Å². The maximum atomic E-state index is 9.16. The van der Waals surface area contributed by atoms with E-state index >= 15 is 0 Å². The zero-order valence-electron chi connectivity index (χ0n) is 14.8. The van der Waals surface area contributed by atoms with Crippen molar-refractivity contribution < 1.29 is 5.11 Å². The van der Waals surface area contributed by atoms with Gasteiger partial charge in [-0.15, -0.1) is 0 Å². The van der Waals surface area contributed by atoms with Gasteiger partial charge in [-0.05, 0) is 56.0 Å². The summed E-state index contributed by atoms with van der Waals surface area (Å²) in [4.78, 5) is 2.65. The van der Waals surface area contributed by atoms with Crippen LogP contribution in [-0.4, -0.2) is 49.3 Å². The lowest BCUT2D eigenvalue weighted by Gasteiger charge is -2.40. The van der Waals surface area contributed by atoms with Gasteiger partial charge in [0.05, 0.1) is 0 Å². The molecule has 2 atom stereocenters. The molecule has 3 nitrogen and oxygen atoms in total. The minimum Gasteiger partial charge on any atom is -0.396 e. The molecule has 0 bridgehead atoms. The highest BCUT2D eigenvalue weighted by Gasteiger charge is 2.29. The van der Waals surface area contributed by atoms with E-state index in [0.29, 0.717) is 17.9 Å². The van der Waals surface area contributed by atoms with E-state index in [1.165, 1.54) is 45.3 Å². The molecule has 0 aromatic rings. The van der Waals surface area contributed by atoms with Gasteiger partial charge >= 0.3 is 0 Å². The summed E-state index contributed by atoms with van der Waals surface area (Å²) in [5, 5.41) is 12.8. The van der Waals surface area contributed by atoms with E-state index in [4.69, 9.17) is 5.11 Å². The zero-order valence-corrected chi connectivity index (χ0v) is 14.8. The summed E-state index contributed by atoms with van der Waals surface area (Å²) in [6, 6.07) is 0. The molecule has 0 aliphatic carbocycles. The third-order valence-corrected chi connectivity index (χ3v) is 4.70. The molecular formula is C18H38N2O. The molecule has 1 saturated heterocycles. The van der Waals surface area contributed by atoms with Gasteiger partial charge in [0, 0.05) is 26.2 Å². The van der Waals surface area contributed by atoms with Gasteiger partial charge in [-0.1, -0.05) is 34.1 Å². The van der Waals surface area contributed by atoms with Crippen molar-refractivity contribution in [2.45, 2.75) is 59.8 Å². The molecule has 1 heterocycles. The van der Waals surface area contributed by atoms with Crippen LogP contribution in [0.1, 0.15) is 59.8 Å². The van der Waals surface area contributed by atoms with E-state index < -0.39 is 0 Å². The van der Waals surface area contributed by atoms with E-state index in [1.807, 2.05) is 0 Å². The van der Waals surface area contributed by atoms with Gasteiger partial charge in [0.1, 0.15) is 0 Å². The molecule has 0 aromatic heterocycles. The Bertz CT molecular complexity index is 268. The Kier molecular flexibility index (Phi) is 8.84. The molecule has 0 aromatic carbocycles.